The molecule has 2 heterocycles. The summed E-state index contributed by atoms with van der Waals surface area (Å²) in [6, 6.07) is 7.32. The lowest BCUT2D eigenvalue weighted by Crippen LogP contribution is -2.48. The second-order valence-corrected chi connectivity index (χ2v) is 11.1. The number of fused-ring (bicyclic) bond motifs is 2. The van der Waals surface area contributed by atoms with Crippen LogP contribution < -0.4 is 5.32 Å². The standard InChI is InChI=1S/C27H42N6O4/c1-19-14-33(20(2)17-34)25(35)8-7-13-32-15-23(29-30-32)18-37-24(19)16-31(6)26(36)28-22-11-9-21(10-12-22)27(3,4)5/h9-12,15,19-20,24,34H,7-8,13-14,16-18H2,1-6H3,(H,28,36)/t19-,20-,24-/m0/s1. The molecule has 10 heteroatoms. The van der Waals surface area contributed by atoms with E-state index in [0.717, 1.165) is 5.69 Å². The minimum absolute atomic E-state index is 0.0171. The number of anilines is 1. The van der Waals surface area contributed by atoms with E-state index in [4.69, 9.17) is 4.74 Å². The summed E-state index contributed by atoms with van der Waals surface area (Å²) < 4.78 is 7.96. The third-order valence-electron chi connectivity index (χ3n) is 6.85. The SMILES string of the molecule is C[C@H]1CN([C@@H](C)CO)C(=O)CCCn2cc(nn2)CO[C@H]1CN(C)C(=O)Nc1ccc(C(C)(C)C)cc1. The van der Waals surface area contributed by atoms with Crippen molar-refractivity contribution in [1.82, 2.24) is 24.8 Å². The van der Waals surface area contributed by atoms with Gasteiger partial charge in [-0.3, -0.25) is 9.48 Å². The minimum atomic E-state index is -0.369. The fraction of sp³-hybridized carbons (Fsp3) is 0.630. The summed E-state index contributed by atoms with van der Waals surface area (Å²) in [5.41, 5.74) is 2.65. The first-order chi connectivity index (χ1) is 17.5. The molecule has 0 saturated heterocycles. The van der Waals surface area contributed by atoms with Crippen molar-refractivity contribution < 1.29 is 19.4 Å². The number of nitrogens with zero attached hydrogens (tertiary/aromatic N) is 5. The lowest BCUT2D eigenvalue weighted by molar-refractivity contribution is -0.136. The molecule has 37 heavy (non-hydrogen) atoms. The van der Waals surface area contributed by atoms with Gasteiger partial charge in [-0.25, -0.2) is 4.79 Å². The van der Waals surface area contributed by atoms with E-state index in [-0.39, 0.29) is 48.6 Å². The Labute approximate surface area is 220 Å². The third kappa shape index (κ3) is 8.00. The second-order valence-electron chi connectivity index (χ2n) is 11.1. The lowest BCUT2D eigenvalue weighted by Gasteiger charge is -2.35. The molecule has 0 spiro atoms. The van der Waals surface area contributed by atoms with Gasteiger partial charge in [0.15, 0.2) is 0 Å². The Morgan fingerprint density at radius 1 is 1.30 bits per heavy atom. The number of aliphatic hydroxyl groups excluding tert-OH is 1. The zero-order valence-corrected chi connectivity index (χ0v) is 23.0. The highest BCUT2D eigenvalue weighted by Crippen LogP contribution is 2.24. The van der Waals surface area contributed by atoms with Crippen molar-refractivity contribution in [1.29, 1.82) is 0 Å². The molecule has 1 aliphatic rings. The first kappa shape index (κ1) is 28.6. The molecule has 0 fully saturated rings. The van der Waals surface area contributed by atoms with Gasteiger partial charge in [0.1, 0.15) is 5.69 Å². The van der Waals surface area contributed by atoms with Crippen LogP contribution in [0.15, 0.2) is 30.5 Å². The van der Waals surface area contributed by atoms with E-state index >= 15 is 0 Å². The molecule has 1 aromatic heterocycles. The van der Waals surface area contributed by atoms with E-state index in [2.05, 4.69) is 36.4 Å². The molecule has 2 N–H and O–H groups in total. The number of aliphatic hydroxyl groups is 1. The summed E-state index contributed by atoms with van der Waals surface area (Å²) in [5.74, 6) is -0.119. The molecular weight excluding hydrogens is 472 g/mol. The van der Waals surface area contributed by atoms with Crippen molar-refractivity contribution >= 4 is 17.6 Å². The highest BCUT2D eigenvalue weighted by molar-refractivity contribution is 5.89. The van der Waals surface area contributed by atoms with Crippen LogP contribution in [0.2, 0.25) is 0 Å². The van der Waals surface area contributed by atoms with Gasteiger partial charge in [0.05, 0.1) is 31.6 Å². The zero-order valence-electron chi connectivity index (χ0n) is 23.0. The first-order valence-electron chi connectivity index (χ1n) is 13.0. The van der Waals surface area contributed by atoms with Gasteiger partial charge in [-0.1, -0.05) is 45.0 Å². The number of carbonyl (C=O) groups is 2. The highest BCUT2D eigenvalue weighted by atomic mass is 16.5. The summed E-state index contributed by atoms with van der Waals surface area (Å²) in [7, 11) is 1.73. The smallest absolute Gasteiger partial charge is 0.321 e. The molecule has 3 atom stereocenters. The molecule has 3 rings (SSSR count). The number of hydrogen-bond donors (Lipinski definition) is 2. The van der Waals surface area contributed by atoms with Crippen molar-refractivity contribution in [3.05, 3.63) is 41.7 Å². The molecule has 0 unspecified atom stereocenters. The fourth-order valence-electron chi connectivity index (χ4n) is 4.32. The van der Waals surface area contributed by atoms with E-state index in [0.29, 0.717) is 38.2 Å². The Morgan fingerprint density at radius 2 is 2.00 bits per heavy atom. The van der Waals surface area contributed by atoms with Gasteiger partial charge in [-0.2, -0.15) is 0 Å². The maximum Gasteiger partial charge on any atom is 0.321 e. The summed E-state index contributed by atoms with van der Waals surface area (Å²) in [6.45, 7) is 11.7. The number of carbonyl (C=O) groups excluding carboxylic acids is 2. The largest absolute Gasteiger partial charge is 0.394 e. The topological polar surface area (TPSA) is 113 Å². The number of amides is 3. The van der Waals surface area contributed by atoms with Gasteiger partial charge in [0.25, 0.3) is 0 Å². The van der Waals surface area contributed by atoms with E-state index in [1.165, 1.54) is 5.56 Å². The molecular formula is C27H42N6O4. The predicted molar refractivity (Wildman–Crippen MR) is 142 cm³/mol. The van der Waals surface area contributed by atoms with Gasteiger partial charge in [0, 0.05) is 44.7 Å². The highest BCUT2D eigenvalue weighted by Gasteiger charge is 2.29. The number of aromatic nitrogens is 3. The number of urea groups is 1. The molecule has 2 aromatic rings. The van der Waals surface area contributed by atoms with Gasteiger partial charge in [0.2, 0.25) is 5.91 Å². The maximum absolute atomic E-state index is 13.0. The Morgan fingerprint density at radius 3 is 2.65 bits per heavy atom. The number of benzene rings is 1. The van der Waals surface area contributed by atoms with Gasteiger partial charge in [-0.15, -0.1) is 5.10 Å². The van der Waals surface area contributed by atoms with Crippen LogP contribution in [0.25, 0.3) is 0 Å². The van der Waals surface area contributed by atoms with E-state index < -0.39 is 0 Å². The Bertz CT molecular complexity index is 1030. The number of ether oxygens (including phenoxy) is 1. The lowest BCUT2D eigenvalue weighted by atomic mass is 9.87. The molecule has 0 saturated carbocycles. The van der Waals surface area contributed by atoms with E-state index in [1.807, 2.05) is 44.3 Å². The first-order valence-corrected chi connectivity index (χ1v) is 13.0. The summed E-state index contributed by atoms with van der Waals surface area (Å²) >= 11 is 0. The van der Waals surface area contributed by atoms with Crippen LogP contribution >= 0.6 is 0 Å². The van der Waals surface area contributed by atoms with E-state index in [1.54, 1.807) is 21.5 Å². The van der Waals surface area contributed by atoms with Crippen molar-refractivity contribution in [2.75, 3.05) is 32.1 Å². The number of nitrogens with one attached hydrogen (secondary N) is 1. The van der Waals surface area contributed by atoms with Crippen LogP contribution in [-0.4, -0.2) is 80.7 Å². The minimum Gasteiger partial charge on any atom is -0.394 e. The van der Waals surface area contributed by atoms with Crippen LogP contribution in [0.1, 0.15) is 58.7 Å². The van der Waals surface area contributed by atoms with Gasteiger partial charge >= 0.3 is 6.03 Å². The quantitative estimate of drug-likeness (QED) is 0.633. The molecule has 1 aromatic carbocycles. The normalized spacial score (nSPS) is 20.4. The molecule has 10 nitrogen and oxygen atoms in total. The van der Waals surface area contributed by atoms with Crippen LogP contribution in [-0.2, 0) is 28.1 Å². The second kappa shape index (κ2) is 12.5. The number of aryl methyl sites for hydroxylation is 1. The summed E-state index contributed by atoms with van der Waals surface area (Å²) in [6.07, 6.45) is 2.45. The monoisotopic (exact) mass is 514 g/mol. The van der Waals surface area contributed by atoms with Gasteiger partial charge in [-0.05, 0) is 36.5 Å². The molecule has 0 aliphatic carbocycles. The average Bonchev–Trinajstić information content (AvgIpc) is 3.31. The summed E-state index contributed by atoms with van der Waals surface area (Å²) in [5, 5.41) is 21.0. The number of likely N-dealkylation sites (N-methyl/N-ethyl adjacent to an activating group) is 1. The third-order valence-corrected chi connectivity index (χ3v) is 6.85. The molecule has 1 aliphatic heterocycles. The van der Waals surface area contributed by atoms with Crippen molar-refractivity contribution in [2.24, 2.45) is 5.92 Å². The Kier molecular flexibility index (Phi) is 9.67. The summed E-state index contributed by atoms with van der Waals surface area (Å²) in [4.78, 5) is 29.3. The maximum atomic E-state index is 13.0. The van der Waals surface area contributed by atoms with Crippen molar-refractivity contribution in [3.8, 4) is 0 Å². The number of hydrogen-bond acceptors (Lipinski definition) is 6. The van der Waals surface area contributed by atoms with Crippen molar-refractivity contribution in [2.45, 2.75) is 78.2 Å². The van der Waals surface area contributed by atoms with Crippen LogP contribution in [0.3, 0.4) is 0 Å². The Hall–Kier alpha value is -2.98. The zero-order chi connectivity index (χ0) is 27.2. The predicted octanol–water partition coefficient (Wildman–Crippen LogP) is 3.26. The van der Waals surface area contributed by atoms with Crippen molar-refractivity contribution in [3.63, 3.8) is 0 Å². The van der Waals surface area contributed by atoms with E-state index in [9.17, 15) is 14.7 Å². The van der Waals surface area contributed by atoms with Crippen LogP contribution in [0.5, 0.6) is 0 Å². The fourth-order valence-corrected chi connectivity index (χ4v) is 4.32. The molecule has 2 bridgehead atoms. The van der Waals surface area contributed by atoms with Crippen LogP contribution in [0.4, 0.5) is 10.5 Å². The van der Waals surface area contributed by atoms with Gasteiger partial charge < -0.3 is 25.0 Å². The number of rotatable bonds is 5. The molecule has 0 radical (unpaired) electrons. The Balaban J connectivity index is 1.73. The molecule has 3 amide bonds. The average molecular weight is 515 g/mol. The molecule has 204 valence electrons. The van der Waals surface area contributed by atoms with Crippen LogP contribution in [0, 0.1) is 5.92 Å².